The predicted molar refractivity (Wildman–Crippen MR) is 97.1 cm³/mol. The van der Waals surface area contributed by atoms with E-state index in [9.17, 15) is 4.79 Å². The van der Waals surface area contributed by atoms with Crippen LogP contribution in [0.25, 0.3) is 0 Å². The third kappa shape index (κ3) is 2.88. The molecule has 0 aromatic carbocycles. The second-order valence-electron chi connectivity index (χ2n) is 6.97. The molecular weight excluding hydrogens is 320 g/mol. The third-order valence-corrected chi connectivity index (χ3v) is 6.41. The van der Waals surface area contributed by atoms with Crippen molar-refractivity contribution in [3.05, 3.63) is 38.2 Å². The lowest BCUT2D eigenvalue weighted by Crippen LogP contribution is -2.37. The van der Waals surface area contributed by atoms with E-state index in [2.05, 4.69) is 23.8 Å². The molecule has 0 saturated carbocycles. The van der Waals surface area contributed by atoms with E-state index >= 15 is 0 Å². The van der Waals surface area contributed by atoms with Gasteiger partial charge in [-0.3, -0.25) is 4.79 Å². The molecule has 3 heterocycles. The van der Waals surface area contributed by atoms with Gasteiger partial charge in [0.1, 0.15) is 0 Å². The van der Waals surface area contributed by atoms with Crippen molar-refractivity contribution in [3.8, 4) is 0 Å². The topological polar surface area (TPSA) is 51.0 Å². The fourth-order valence-electron chi connectivity index (χ4n) is 3.79. The summed E-state index contributed by atoms with van der Waals surface area (Å²) >= 11 is 1.76. The van der Waals surface area contributed by atoms with Crippen LogP contribution in [0.5, 0.6) is 0 Å². The van der Waals surface area contributed by atoms with Gasteiger partial charge in [0.2, 0.25) is 0 Å². The van der Waals surface area contributed by atoms with Crippen LogP contribution in [-0.2, 0) is 19.4 Å². The Bertz CT molecular complexity index is 790. The summed E-state index contributed by atoms with van der Waals surface area (Å²) in [5, 5.41) is 5.78. The van der Waals surface area contributed by atoms with E-state index in [0.29, 0.717) is 12.6 Å². The summed E-state index contributed by atoms with van der Waals surface area (Å²) < 4.78 is 1.69. The summed E-state index contributed by atoms with van der Waals surface area (Å²) in [6, 6.07) is 2.14. The van der Waals surface area contributed by atoms with Gasteiger partial charge in [0, 0.05) is 17.5 Å². The Morgan fingerprint density at radius 1 is 1.25 bits per heavy atom. The third-order valence-electron chi connectivity index (χ3n) is 5.30. The molecule has 1 aliphatic carbocycles. The van der Waals surface area contributed by atoms with Crippen molar-refractivity contribution in [2.24, 2.45) is 0 Å². The largest absolute Gasteiger partial charge is 0.343 e. The van der Waals surface area contributed by atoms with Gasteiger partial charge in [-0.05, 0) is 57.9 Å². The second-order valence-corrected chi connectivity index (χ2v) is 8.15. The number of aryl methyl sites for hydroxylation is 4. The van der Waals surface area contributed by atoms with E-state index in [1.165, 1.54) is 17.7 Å². The van der Waals surface area contributed by atoms with E-state index in [-0.39, 0.29) is 5.56 Å². The number of thiazole rings is 1. The number of rotatable bonds is 3. The molecule has 5 nitrogen and oxygen atoms in total. The molecule has 2 aromatic rings. The molecule has 24 heavy (non-hydrogen) atoms. The molecule has 6 heteroatoms. The van der Waals surface area contributed by atoms with Crippen LogP contribution in [0.15, 0.2) is 10.9 Å². The smallest absolute Gasteiger partial charge is 0.267 e. The normalized spacial score (nSPS) is 20.4. The highest BCUT2D eigenvalue weighted by Gasteiger charge is 2.28. The number of nitrogens with zero attached hydrogens (tertiary/aromatic N) is 4. The first-order chi connectivity index (χ1) is 11.6. The Morgan fingerprint density at radius 3 is 2.88 bits per heavy atom. The van der Waals surface area contributed by atoms with Crippen molar-refractivity contribution in [1.29, 1.82) is 0 Å². The van der Waals surface area contributed by atoms with Crippen molar-refractivity contribution >= 4 is 16.5 Å². The lowest BCUT2D eigenvalue weighted by Gasteiger charge is -2.25. The number of hydrogen-bond acceptors (Lipinski definition) is 5. The minimum Gasteiger partial charge on any atom is -0.343 e. The summed E-state index contributed by atoms with van der Waals surface area (Å²) in [5.41, 5.74) is 3.46. The maximum Gasteiger partial charge on any atom is 0.267 e. The molecular formula is C18H24N4OS. The van der Waals surface area contributed by atoms with E-state index in [1.807, 2.05) is 6.07 Å². The zero-order valence-electron chi connectivity index (χ0n) is 14.4. The van der Waals surface area contributed by atoms with Gasteiger partial charge in [0.05, 0.1) is 24.0 Å². The van der Waals surface area contributed by atoms with Gasteiger partial charge in [-0.1, -0.05) is 0 Å². The molecule has 2 aliphatic rings. The van der Waals surface area contributed by atoms with Gasteiger partial charge in [-0.2, -0.15) is 5.10 Å². The lowest BCUT2D eigenvalue weighted by atomic mass is 9.97. The van der Waals surface area contributed by atoms with Crippen molar-refractivity contribution < 1.29 is 0 Å². The Balaban J connectivity index is 1.59. The highest BCUT2D eigenvalue weighted by atomic mass is 32.1. The standard InChI is InChI=1S/C18H24N4OS/c1-12-13(2)24-18(19-12)21-9-5-7-15(21)11-22-17(23)10-14-6-3-4-8-16(14)20-22/h10,15H,3-9,11H2,1-2H3. The van der Waals surface area contributed by atoms with E-state index in [0.717, 1.165) is 54.3 Å². The highest BCUT2D eigenvalue weighted by molar-refractivity contribution is 7.15. The van der Waals surface area contributed by atoms with Crippen molar-refractivity contribution in [2.45, 2.75) is 65.0 Å². The first-order valence-corrected chi connectivity index (χ1v) is 9.74. The molecule has 0 bridgehead atoms. The van der Waals surface area contributed by atoms with Gasteiger partial charge in [-0.15, -0.1) is 11.3 Å². The van der Waals surface area contributed by atoms with Gasteiger partial charge in [0.25, 0.3) is 5.56 Å². The summed E-state index contributed by atoms with van der Waals surface area (Å²) in [5.74, 6) is 0. The number of anilines is 1. The predicted octanol–water partition coefficient (Wildman–Crippen LogP) is 2.86. The highest BCUT2D eigenvalue weighted by Crippen LogP contribution is 2.31. The summed E-state index contributed by atoms with van der Waals surface area (Å²) in [6.07, 6.45) is 6.63. The van der Waals surface area contributed by atoms with Crippen LogP contribution in [0.2, 0.25) is 0 Å². The van der Waals surface area contributed by atoms with Gasteiger partial charge in [0.15, 0.2) is 5.13 Å². The van der Waals surface area contributed by atoms with Gasteiger partial charge < -0.3 is 4.90 Å². The van der Waals surface area contributed by atoms with Crippen LogP contribution in [0.4, 0.5) is 5.13 Å². The molecule has 2 aromatic heterocycles. The van der Waals surface area contributed by atoms with Crippen LogP contribution in [0.3, 0.4) is 0 Å². The molecule has 0 radical (unpaired) electrons. The maximum absolute atomic E-state index is 12.4. The van der Waals surface area contributed by atoms with Crippen LogP contribution in [0, 0.1) is 13.8 Å². The number of hydrogen-bond donors (Lipinski definition) is 0. The summed E-state index contributed by atoms with van der Waals surface area (Å²) in [6.45, 7) is 5.88. The molecule has 0 spiro atoms. The molecule has 1 fully saturated rings. The minimum atomic E-state index is 0.0500. The van der Waals surface area contributed by atoms with Crippen molar-refractivity contribution in [3.63, 3.8) is 0 Å². The molecule has 1 aliphatic heterocycles. The molecule has 0 amide bonds. The average Bonchev–Trinajstić information content (AvgIpc) is 3.15. The second kappa shape index (κ2) is 6.31. The zero-order chi connectivity index (χ0) is 16.7. The van der Waals surface area contributed by atoms with Crippen LogP contribution in [0.1, 0.15) is 47.5 Å². The molecule has 1 atom stereocenters. The SMILES string of the molecule is Cc1nc(N2CCCC2Cn2nc3c(cc2=O)CCCC3)sc1C. The molecule has 128 valence electrons. The van der Waals surface area contributed by atoms with Gasteiger partial charge in [-0.25, -0.2) is 9.67 Å². The van der Waals surface area contributed by atoms with Gasteiger partial charge >= 0.3 is 0 Å². The van der Waals surface area contributed by atoms with E-state index in [4.69, 9.17) is 4.98 Å². The molecule has 1 unspecified atom stereocenters. The average molecular weight is 344 g/mol. The fourth-order valence-corrected chi connectivity index (χ4v) is 4.79. The van der Waals surface area contributed by atoms with Crippen molar-refractivity contribution in [1.82, 2.24) is 14.8 Å². The van der Waals surface area contributed by atoms with E-state index in [1.54, 1.807) is 16.0 Å². The van der Waals surface area contributed by atoms with Crippen molar-refractivity contribution in [2.75, 3.05) is 11.4 Å². The number of fused-ring (bicyclic) bond motifs is 1. The monoisotopic (exact) mass is 344 g/mol. The lowest BCUT2D eigenvalue weighted by molar-refractivity contribution is 0.473. The summed E-state index contributed by atoms with van der Waals surface area (Å²) in [4.78, 5) is 20.8. The first kappa shape index (κ1) is 15.8. The maximum atomic E-state index is 12.4. The Labute approximate surface area is 146 Å². The van der Waals surface area contributed by atoms with Crippen LogP contribution < -0.4 is 10.5 Å². The molecule has 0 N–H and O–H groups in total. The Morgan fingerprint density at radius 2 is 2.08 bits per heavy atom. The fraction of sp³-hybridized carbons (Fsp3) is 0.611. The minimum absolute atomic E-state index is 0.0500. The first-order valence-electron chi connectivity index (χ1n) is 8.92. The quantitative estimate of drug-likeness (QED) is 0.859. The number of aromatic nitrogens is 3. The Kier molecular flexibility index (Phi) is 4.16. The molecule has 4 rings (SSSR count). The Hall–Kier alpha value is -1.69. The zero-order valence-corrected chi connectivity index (χ0v) is 15.2. The molecule has 1 saturated heterocycles. The van der Waals surface area contributed by atoms with Crippen LogP contribution in [-0.4, -0.2) is 27.4 Å². The summed E-state index contributed by atoms with van der Waals surface area (Å²) in [7, 11) is 0. The van der Waals surface area contributed by atoms with E-state index < -0.39 is 0 Å². The van der Waals surface area contributed by atoms with Crippen LogP contribution >= 0.6 is 11.3 Å².